The quantitative estimate of drug-likeness (QED) is 0.0913. The van der Waals surface area contributed by atoms with Crippen LogP contribution >= 0.6 is 0 Å². The highest BCUT2D eigenvalue weighted by molar-refractivity contribution is 5.76. The summed E-state index contributed by atoms with van der Waals surface area (Å²) < 4.78 is 27.9. The molecule has 3 fully saturated rings. The van der Waals surface area contributed by atoms with Crippen LogP contribution in [0.25, 0.3) is 0 Å². The lowest BCUT2D eigenvalue weighted by atomic mass is 9.88. The molecule has 0 saturated carbocycles. The fraction of sp³-hybridized carbons (Fsp3) is 0.880. The van der Waals surface area contributed by atoms with E-state index in [4.69, 9.17) is 23.7 Å². The minimum Gasteiger partial charge on any atom is -0.477 e. The Labute approximate surface area is 260 Å². The molecule has 3 aliphatic rings. The number of aliphatic hydroxyl groups is 10. The first-order chi connectivity index (χ1) is 21.5. The molecule has 0 bridgehead atoms. The maximum atomic E-state index is 12.3. The summed E-state index contributed by atoms with van der Waals surface area (Å²) in [6.07, 6.45) is -24.9. The van der Waals surface area contributed by atoms with E-state index in [1.54, 1.807) is 0 Å². The fourth-order valence-corrected chi connectivity index (χ4v) is 5.51. The minimum absolute atomic E-state index is 0.767. The Morgan fingerprint density at radius 2 is 1.39 bits per heavy atom. The van der Waals surface area contributed by atoms with Crippen LogP contribution in [-0.4, -0.2) is 191 Å². The van der Waals surface area contributed by atoms with Crippen LogP contribution < -0.4 is 10.6 Å². The second-order valence-electron chi connectivity index (χ2n) is 11.3. The van der Waals surface area contributed by atoms with Crippen LogP contribution in [0.3, 0.4) is 0 Å². The summed E-state index contributed by atoms with van der Waals surface area (Å²) >= 11 is 0. The maximum Gasteiger partial charge on any atom is 0.364 e. The van der Waals surface area contributed by atoms with Gasteiger partial charge in [0.25, 0.3) is 5.79 Å². The molecule has 46 heavy (non-hydrogen) atoms. The van der Waals surface area contributed by atoms with Gasteiger partial charge < -0.3 is 90.5 Å². The van der Waals surface area contributed by atoms with Gasteiger partial charge in [0, 0.05) is 20.3 Å². The molecule has 21 nitrogen and oxygen atoms in total. The van der Waals surface area contributed by atoms with Crippen molar-refractivity contribution >= 4 is 17.8 Å². The zero-order chi connectivity index (χ0) is 34.7. The number of carboxylic acid groups (broad SMARTS) is 1. The highest BCUT2D eigenvalue weighted by atomic mass is 16.7. The smallest absolute Gasteiger partial charge is 0.364 e. The monoisotopic (exact) mass is 674 g/mol. The van der Waals surface area contributed by atoms with E-state index in [1.165, 1.54) is 0 Å². The minimum atomic E-state index is -3.08. The number of carbonyl (C=O) groups is 3. The van der Waals surface area contributed by atoms with Gasteiger partial charge in [0.2, 0.25) is 11.8 Å². The molecule has 0 aromatic carbocycles. The molecule has 16 atom stereocenters. The number of ether oxygens (including phenoxy) is 5. The number of aliphatic hydroxyl groups excluding tert-OH is 9. The zero-order valence-corrected chi connectivity index (χ0v) is 24.7. The molecule has 0 aromatic rings. The van der Waals surface area contributed by atoms with Crippen LogP contribution in [0.2, 0.25) is 0 Å². The first kappa shape index (κ1) is 38.3. The van der Waals surface area contributed by atoms with Crippen LogP contribution in [0.4, 0.5) is 0 Å². The number of nitrogens with one attached hydrogen (secondary N) is 2. The summed E-state index contributed by atoms with van der Waals surface area (Å²) in [6.45, 7) is -0.847. The molecule has 3 saturated heterocycles. The second-order valence-corrected chi connectivity index (χ2v) is 11.3. The van der Waals surface area contributed by atoms with Crippen LogP contribution in [0, 0.1) is 0 Å². The van der Waals surface area contributed by atoms with Crippen molar-refractivity contribution in [1.82, 2.24) is 10.6 Å². The Hall–Kier alpha value is -2.19. The summed E-state index contributed by atoms with van der Waals surface area (Å²) in [5.74, 6) is -6.62. The number of hydrogen-bond donors (Lipinski definition) is 13. The molecule has 3 heterocycles. The van der Waals surface area contributed by atoms with E-state index >= 15 is 0 Å². The van der Waals surface area contributed by atoms with Crippen LogP contribution in [0.15, 0.2) is 0 Å². The molecular formula is C25H42N2O19. The molecule has 0 unspecified atom stereocenters. The Morgan fingerprint density at radius 3 is 1.91 bits per heavy atom. The van der Waals surface area contributed by atoms with Crippen LogP contribution in [0.5, 0.6) is 0 Å². The van der Waals surface area contributed by atoms with Gasteiger partial charge in [-0.05, 0) is 0 Å². The summed E-state index contributed by atoms with van der Waals surface area (Å²) in [6, 6.07) is -3.26. The van der Waals surface area contributed by atoms with E-state index in [0.717, 1.165) is 13.8 Å². The lowest BCUT2D eigenvalue weighted by molar-refractivity contribution is -0.358. The zero-order valence-electron chi connectivity index (χ0n) is 24.7. The van der Waals surface area contributed by atoms with E-state index in [-0.39, 0.29) is 0 Å². The SMILES string of the molecule is CC(=O)N[C@H]1[C@H](O[C@@H]([C@@H]2O[C@](O)(C(=O)O)C[C@H](O)[C@H]2NC(C)=O)[C@H](O)CO)O[C@H](CO)[C@@H](O)[C@@H]1O[C@@H]1O[C@H](CO)[C@@H](O)[C@H](O)[C@H]1O. The average molecular weight is 675 g/mol. The number of hydrogen-bond acceptors (Lipinski definition) is 18. The standard InChI is InChI=1S/C25H42N2O19/c1-7(31)26-13-9(33)3-25(41,24(39)40)46-21(13)19(10(34)4-28)44-22-14(27-8(2)32)20(16(36)12(6-30)42-22)45-23-18(38)17(37)15(35)11(5-29)43-23/h9-23,28-30,33-38,41H,3-6H2,1-2H3,(H,26,31)(H,27,32)(H,39,40)/t9-,10+,11+,12+,13+,14+,15+,16+,17-,18+,19+,20+,21+,22-,23-,25-/m0/s1. The molecule has 266 valence electrons. The Kier molecular flexibility index (Phi) is 13.1. The van der Waals surface area contributed by atoms with E-state index in [1.807, 2.05) is 0 Å². The summed E-state index contributed by atoms with van der Waals surface area (Å²) in [5.41, 5.74) is 0. The van der Waals surface area contributed by atoms with Crippen LogP contribution in [-0.2, 0) is 38.1 Å². The molecule has 3 aliphatic heterocycles. The third-order valence-corrected chi connectivity index (χ3v) is 7.83. The van der Waals surface area contributed by atoms with Crippen molar-refractivity contribution in [3.63, 3.8) is 0 Å². The fourth-order valence-electron chi connectivity index (χ4n) is 5.51. The molecule has 3 rings (SSSR count). The van der Waals surface area contributed by atoms with Gasteiger partial charge in [0.1, 0.15) is 67.1 Å². The Morgan fingerprint density at radius 1 is 0.848 bits per heavy atom. The lowest BCUT2D eigenvalue weighted by Crippen LogP contribution is -2.71. The van der Waals surface area contributed by atoms with Crippen molar-refractivity contribution in [2.24, 2.45) is 0 Å². The average Bonchev–Trinajstić information content (AvgIpc) is 2.99. The van der Waals surface area contributed by atoms with Gasteiger partial charge in [-0.2, -0.15) is 0 Å². The summed E-state index contributed by atoms with van der Waals surface area (Å²) in [7, 11) is 0. The van der Waals surface area contributed by atoms with E-state index in [2.05, 4.69) is 10.6 Å². The molecule has 21 heteroatoms. The largest absolute Gasteiger partial charge is 0.477 e. The third kappa shape index (κ3) is 8.26. The van der Waals surface area contributed by atoms with Crippen molar-refractivity contribution in [3.8, 4) is 0 Å². The molecule has 2 amide bonds. The molecule has 0 aromatic heterocycles. The predicted molar refractivity (Wildman–Crippen MR) is 142 cm³/mol. The van der Waals surface area contributed by atoms with E-state index in [9.17, 15) is 70.6 Å². The number of aliphatic carboxylic acids is 1. The summed E-state index contributed by atoms with van der Waals surface area (Å²) in [4.78, 5) is 36.1. The summed E-state index contributed by atoms with van der Waals surface area (Å²) in [5, 5.41) is 117. The number of rotatable bonds is 12. The van der Waals surface area contributed by atoms with E-state index in [0.29, 0.717) is 0 Å². The number of amides is 2. The van der Waals surface area contributed by atoms with Gasteiger partial charge >= 0.3 is 5.97 Å². The number of carbonyl (C=O) groups excluding carboxylic acids is 2. The van der Waals surface area contributed by atoms with Crippen molar-refractivity contribution < 1.29 is 94.2 Å². The first-order valence-electron chi connectivity index (χ1n) is 14.2. The van der Waals surface area contributed by atoms with E-state index < -0.39 is 142 Å². The Bertz CT molecular complexity index is 1050. The molecular weight excluding hydrogens is 632 g/mol. The topological polar surface area (TPSA) is 344 Å². The highest BCUT2D eigenvalue weighted by Crippen LogP contribution is 2.35. The van der Waals surface area contributed by atoms with Gasteiger partial charge in [-0.1, -0.05) is 0 Å². The molecule has 0 aliphatic carbocycles. The van der Waals surface area contributed by atoms with Gasteiger partial charge in [0.05, 0.1) is 32.0 Å². The molecule has 0 radical (unpaired) electrons. The van der Waals surface area contributed by atoms with Crippen molar-refractivity contribution in [1.29, 1.82) is 0 Å². The van der Waals surface area contributed by atoms with Gasteiger partial charge in [-0.3, -0.25) is 9.59 Å². The highest BCUT2D eigenvalue weighted by Gasteiger charge is 2.57. The van der Waals surface area contributed by atoms with Gasteiger partial charge in [-0.25, -0.2) is 4.79 Å². The normalized spacial score (nSPS) is 42.9. The molecule has 0 spiro atoms. The lowest BCUT2D eigenvalue weighted by Gasteiger charge is -2.50. The predicted octanol–water partition coefficient (Wildman–Crippen LogP) is -8.08. The van der Waals surface area contributed by atoms with Gasteiger partial charge in [-0.15, -0.1) is 0 Å². The van der Waals surface area contributed by atoms with Crippen molar-refractivity contribution in [2.45, 2.75) is 118 Å². The van der Waals surface area contributed by atoms with Crippen molar-refractivity contribution in [3.05, 3.63) is 0 Å². The third-order valence-electron chi connectivity index (χ3n) is 7.83. The first-order valence-corrected chi connectivity index (χ1v) is 14.2. The van der Waals surface area contributed by atoms with Gasteiger partial charge in [0.15, 0.2) is 12.6 Å². The Balaban J connectivity index is 2.04. The maximum absolute atomic E-state index is 12.3. The van der Waals surface area contributed by atoms with Crippen molar-refractivity contribution in [2.75, 3.05) is 19.8 Å². The van der Waals surface area contributed by atoms with Crippen LogP contribution in [0.1, 0.15) is 20.3 Å². The molecule has 13 N–H and O–H groups in total. The second kappa shape index (κ2) is 15.8. The number of carboxylic acids is 1.